The predicted molar refractivity (Wildman–Crippen MR) is 56.5 cm³/mol. The third-order valence-corrected chi connectivity index (χ3v) is 2.93. The Bertz CT molecular complexity index is 181. The van der Waals surface area contributed by atoms with Crippen molar-refractivity contribution in [2.75, 3.05) is 0 Å². The van der Waals surface area contributed by atoms with Gasteiger partial charge in [0.1, 0.15) is 0 Å². The monoisotopic (exact) mass is 225 g/mol. The molecule has 0 aromatic rings. The average Bonchev–Trinajstić information content (AvgIpc) is 1.97. The van der Waals surface area contributed by atoms with Gasteiger partial charge < -0.3 is 5.73 Å². The molecule has 0 aromatic carbocycles. The topological polar surface area (TPSA) is 26.0 Å². The molecule has 2 unspecified atom stereocenters. The highest BCUT2D eigenvalue weighted by Gasteiger charge is 2.29. The van der Waals surface area contributed by atoms with Gasteiger partial charge in [-0.1, -0.05) is 27.7 Å². The van der Waals surface area contributed by atoms with Gasteiger partial charge in [-0.25, -0.2) is 0 Å². The van der Waals surface area contributed by atoms with Crippen LogP contribution in [0.2, 0.25) is 0 Å². The molecule has 1 nitrogen and oxygen atoms in total. The quantitative estimate of drug-likeness (QED) is 0.775. The average molecular weight is 225 g/mol. The number of alkyl halides is 3. The first-order valence-corrected chi connectivity index (χ1v) is 5.34. The summed E-state index contributed by atoms with van der Waals surface area (Å²) in [6.45, 7) is 8.27. The molecular formula is C11H22F3N. The fraction of sp³-hybridized carbons (Fsp3) is 1.00. The maximum absolute atomic E-state index is 11.9. The Morgan fingerprint density at radius 1 is 1.13 bits per heavy atom. The largest absolute Gasteiger partial charge is 0.389 e. The first-order chi connectivity index (χ1) is 6.52. The number of hydrogen-bond acceptors (Lipinski definition) is 1. The van der Waals surface area contributed by atoms with Crippen LogP contribution in [0.1, 0.15) is 47.0 Å². The number of nitrogens with two attached hydrogens (primary N) is 1. The zero-order valence-electron chi connectivity index (χ0n) is 9.99. The van der Waals surface area contributed by atoms with Crippen molar-refractivity contribution in [3.8, 4) is 0 Å². The van der Waals surface area contributed by atoms with Crippen LogP contribution < -0.4 is 5.73 Å². The summed E-state index contributed by atoms with van der Waals surface area (Å²) in [5.74, 6) is 0.334. The second-order valence-corrected chi connectivity index (χ2v) is 5.42. The van der Waals surface area contributed by atoms with Crippen molar-refractivity contribution >= 4 is 0 Å². The Kier molecular flexibility index (Phi) is 5.10. The first-order valence-electron chi connectivity index (χ1n) is 5.34. The molecule has 0 aromatic heterocycles. The Hall–Kier alpha value is -0.250. The van der Waals surface area contributed by atoms with Crippen molar-refractivity contribution in [2.45, 2.75) is 59.2 Å². The molecule has 2 atom stereocenters. The van der Waals surface area contributed by atoms with Crippen molar-refractivity contribution in [3.05, 3.63) is 0 Å². The highest BCUT2D eigenvalue weighted by Crippen LogP contribution is 2.30. The third kappa shape index (κ3) is 7.65. The molecule has 4 heteroatoms. The molecular weight excluding hydrogens is 203 g/mol. The van der Waals surface area contributed by atoms with E-state index in [0.717, 1.165) is 0 Å². The van der Waals surface area contributed by atoms with E-state index in [0.29, 0.717) is 12.3 Å². The standard InChI is InChI=1S/C11H22F3N/c1-8(10(2,3)4)7-9(15)5-6-11(12,13)14/h8-9H,5-7,15H2,1-4H3. The fourth-order valence-corrected chi connectivity index (χ4v) is 1.27. The maximum atomic E-state index is 11.9. The summed E-state index contributed by atoms with van der Waals surface area (Å²) in [5.41, 5.74) is 5.79. The highest BCUT2D eigenvalue weighted by molar-refractivity contribution is 4.75. The molecule has 0 saturated carbocycles. The number of halogens is 3. The van der Waals surface area contributed by atoms with Gasteiger partial charge in [0.2, 0.25) is 0 Å². The number of hydrogen-bond donors (Lipinski definition) is 1. The second kappa shape index (κ2) is 5.19. The predicted octanol–water partition coefficient (Wildman–Crippen LogP) is 3.73. The van der Waals surface area contributed by atoms with Crippen LogP contribution in [0, 0.1) is 11.3 Å². The number of rotatable bonds is 4. The molecule has 0 bridgehead atoms. The van der Waals surface area contributed by atoms with Gasteiger partial charge in [-0.05, 0) is 24.2 Å². The minimum absolute atomic E-state index is 0.0317. The normalized spacial score (nSPS) is 17.6. The van der Waals surface area contributed by atoms with Crippen LogP contribution in [0.15, 0.2) is 0 Å². The third-order valence-electron chi connectivity index (χ3n) is 2.93. The minimum atomic E-state index is -4.08. The van der Waals surface area contributed by atoms with Gasteiger partial charge in [-0.3, -0.25) is 0 Å². The lowest BCUT2D eigenvalue weighted by atomic mass is 9.78. The maximum Gasteiger partial charge on any atom is 0.389 e. The summed E-state index contributed by atoms with van der Waals surface area (Å²) in [7, 11) is 0. The lowest BCUT2D eigenvalue weighted by molar-refractivity contribution is -0.136. The van der Waals surface area contributed by atoms with Gasteiger partial charge in [-0.15, -0.1) is 0 Å². The van der Waals surface area contributed by atoms with Gasteiger partial charge >= 0.3 is 6.18 Å². The highest BCUT2D eigenvalue weighted by atomic mass is 19.4. The Morgan fingerprint density at radius 3 is 1.93 bits per heavy atom. The Morgan fingerprint density at radius 2 is 1.60 bits per heavy atom. The molecule has 0 aliphatic carbocycles. The van der Waals surface area contributed by atoms with E-state index in [1.165, 1.54) is 0 Å². The summed E-state index contributed by atoms with van der Waals surface area (Å²) >= 11 is 0. The van der Waals surface area contributed by atoms with Gasteiger partial charge in [0.05, 0.1) is 0 Å². The summed E-state index contributed by atoms with van der Waals surface area (Å²) < 4.78 is 35.8. The SMILES string of the molecule is CC(CC(N)CCC(F)(F)F)C(C)(C)C. The Balaban J connectivity index is 3.89. The zero-order chi connectivity index (χ0) is 12.3. The smallest absolute Gasteiger partial charge is 0.328 e. The van der Waals surface area contributed by atoms with E-state index >= 15 is 0 Å². The van der Waals surface area contributed by atoms with Crippen LogP contribution in [0.4, 0.5) is 13.2 Å². The fourth-order valence-electron chi connectivity index (χ4n) is 1.27. The molecule has 0 radical (unpaired) electrons. The van der Waals surface area contributed by atoms with Crippen molar-refractivity contribution in [3.63, 3.8) is 0 Å². The van der Waals surface area contributed by atoms with E-state index in [1.54, 1.807) is 0 Å². The molecule has 92 valence electrons. The van der Waals surface area contributed by atoms with Crippen LogP contribution >= 0.6 is 0 Å². The summed E-state index contributed by atoms with van der Waals surface area (Å²) in [4.78, 5) is 0. The van der Waals surface area contributed by atoms with E-state index in [1.807, 2.05) is 6.92 Å². The lowest BCUT2D eigenvalue weighted by Crippen LogP contribution is -2.29. The molecule has 0 amide bonds. The molecule has 0 heterocycles. The van der Waals surface area contributed by atoms with Gasteiger partial charge in [0.25, 0.3) is 0 Å². The van der Waals surface area contributed by atoms with Crippen molar-refractivity contribution in [2.24, 2.45) is 17.1 Å². The van der Waals surface area contributed by atoms with Crippen LogP contribution in [0.3, 0.4) is 0 Å². The lowest BCUT2D eigenvalue weighted by Gasteiger charge is -2.29. The van der Waals surface area contributed by atoms with Crippen molar-refractivity contribution in [1.29, 1.82) is 0 Å². The van der Waals surface area contributed by atoms with Crippen molar-refractivity contribution in [1.82, 2.24) is 0 Å². The van der Waals surface area contributed by atoms with E-state index < -0.39 is 12.6 Å². The van der Waals surface area contributed by atoms with E-state index in [2.05, 4.69) is 20.8 Å². The van der Waals surface area contributed by atoms with Crippen molar-refractivity contribution < 1.29 is 13.2 Å². The van der Waals surface area contributed by atoms with Crippen LogP contribution in [-0.4, -0.2) is 12.2 Å². The Labute approximate surface area is 90.2 Å². The molecule has 0 saturated heterocycles. The van der Waals surface area contributed by atoms with E-state index in [4.69, 9.17) is 5.73 Å². The van der Waals surface area contributed by atoms with Crippen LogP contribution in [0.25, 0.3) is 0 Å². The molecule has 2 N–H and O–H groups in total. The molecule has 15 heavy (non-hydrogen) atoms. The summed E-state index contributed by atoms with van der Waals surface area (Å²) in [5, 5.41) is 0. The molecule has 0 aliphatic rings. The van der Waals surface area contributed by atoms with Gasteiger partial charge in [-0.2, -0.15) is 13.2 Å². The first kappa shape index (κ1) is 14.8. The van der Waals surface area contributed by atoms with Gasteiger partial charge in [0.15, 0.2) is 0 Å². The second-order valence-electron chi connectivity index (χ2n) is 5.42. The van der Waals surface area contributed by atoms with Crippen LogP contribution in [0.5, 0.6) is 0 Å². The molecule has 0 spiro atoms. The van der Waals surface area contributed by atoms with Crippen LogP contribution in [-0.2, 0) is 0 Å². The van der Waals surface area contributed by atoms with Gasteiger partial charge in [0, 0.05) is 12.5 Å². The molecule has 0 rings (SSSR count). The summed E-state index contributed by atoms with van der Waals surface area (Å²) in [6.07, 6.45) is -4.17. The molecule has 0 fully saturated rings. The molecule has 0 aliphatic heterocycles. The minimum Gasteiger partial charge on any atom is -0.328 e. The zero-order valence-corrected chi connectivity index (χ0v) is 9.99. The van der Waals surface area contributed by atoms with E-state index in [-0.39, 0.29) is 17.9 Å². The van der Waals surface area contributed by atoms with E-state index in [9.17, 15) is 13.2 Å². The summed E-state index contributed by atoms with van der Waals surface area (Å²) in [6, 6.07) is -0.346.